The van der Waals surface area contributed by atoms with E-state index in [1.165, 1.54) is 7.11 Å². The van der Waals surface area contributed by atoms with Crippen molar-refractivity contribution in [2.24, 2.45) is 23.7 Å². The Morgan fingerprint density at radius 1 is 1.32 bits per heavy atom. The molecule has 3 aliphatic rings. The highest BCUT2D eigenvalue weighted by Gasteiger charge is 2.54. The number of esters is 1. The summed E-state index contributed by atoms with van der Waals surface area (Å²) < 4.78 is 9.58. The summed E-state index contributed by atoms with van der Waals surface area (Å²) in [6.07, 6.45) is 4.10. The standard InChI is InChI=1S/C13H15NO5/c1-18-12(16)10-8-3-2-7(6-8)9(10)11(15)14-4-5-19-13(14)17/h2-3,7-10H,4-6H2,1H3/t7-,8+,9+,10+/m0/s1. The van der Waals surface area contributed by atoms with E-state index in [1.807, 2.05) is 12.2 Å². The van der Waals surface area contributed by atoms with Crippen molar-refractivity contribution in [3.05, 3.63) is 12.2 Å². The normalized spacial score (nSPS) is 35.6. The summed E-state index contributed by atoms with van der Waals surface area (Å²) in [4.78, 5) is 36.9. The lowest BCUT2D eigenvalue weighted by atomic mass is 9.82. The molecule has 6 nitrogen and oxygen atoms in total. The van der Waals surface area contributed by atoms with Crippen LogP contribution in [0, 0.1) is 23.7 Å². The van der Waals surface area contributed by atoms with E-state index in [9.17, 15) is 14.4 Å². The molecule has 1 saturated carbocycles. The lowest BCUT2D eigenvalue weighted by Gasteiger charge is -2.27. The molecule has 1 saturated heterocycles. The molecule has 0 aromatic rings. The number of imide groups is 1. The van der Waals surface area contributed by atoms with Crippen LogP contribution in [0.4, 0.5) is 4.79 Å². The fraction of sp³-hybridized carbons (Fsp3) is 0.615. The first kappa shape index (κ1) is 12.2. The predicted molar refractivity (Wildman–Crippen MR) is 62.8 cm³/mol. The number of hydrogen-bond acceptors (Lipinski definition) is 5. The summed E-state index contributed by atoms with van der Waals surface area (Å²) in [5, 5.41) is 0. The van der Waals surface area contributed by atoms with Gasteiger partial charge < -0.3 is 9.47 Å². The zero-order valence-electron chi connectivity index (χ0n) is 10.6. The van der Waals surface area contributed by atoms with Crippen LogP contribution in [0.2, 0.25) is 0 Å². The third-order valence-corrected chi connectivity index (χ3v) is 4.24. The SMILES string of the molecule is COC(=O)[C@H]1[C@H](C(=O)N2CCOC2=O)[C@H]2C=C[C@@H]1C2. The van der Waals surface area contributed by atoms with Crippen molar-refractivity contribution >= 4 is 18.0 Å². The third-order valence-electron chi connectivity index (χ3n) is 4.24. The van der Waals surface area contributed by atoms with E-state index in [4.69, 9.17) is 9.47 Å². The topological polar surface area (TPSA) is 72.9 Å². The smallest absolute Gasteiger partial charge is 0.416 e. The highest BCUT2D eigenvalue weighted by Crippen LogP contribution is 2.49. The first-order valence-corrected chi connectivity index (χ1v) is 6.37. The second-order valence-electron chi connectivity index (χ2n) is 5.13. The van der Waals surface area contributed by atoms with Gasteiger partial charge in [0.05, 0.1) is 25.5 Å². The number of carbonyl (C=O) groups excluding carboxylic acids is 3. The number of methoxy groups -OCH3 is 1. The number of carbonyl (C=O) groups is 3. The molecule has 2 amide bonds. The maximum Gasteiger partial charge on any atom is 0.416 e. The fourth-order valence-corrected chi connectivity index (χ4v) is 3.39. The number of fused-ring (bicyclic) bond motifs is 2. The number of cyclic esters (lactones) is 1. The van der Waals surface area contributed by atoms with E-state index in [0.717, 1.165) is 11.3 Å². The van der Waals surface area contributed by atoms with E-state index in [2.05, 4.69) is 0 Å². The first-order valence-electron chi connectivity index (χ1n) is 6.37. The van der Waals surface area contributed by atoms with Crippen LogP contribution in [0.5, 0.6) is 0 Å². The van der Waals surface area contributed by atoms with Gasteiger partial charge in [-0.2, -0.15) is 0 Å². The van der Waals surface area contributed by atoms with Crippen LogP contribution in [-0.4, -0.2) is 43.1 Å². The zero-order chi connectivity index (χ0) is 13.6. The van der Waals surface area contributed by atoms with Gasteiger partial charge in [0.2, 0.25) is 5.91 Å². The van der Waals surface area contributed by atoms with Crippen molar-refractivity contribution in [1.82, 2.24) is 4.90 Å². The molecule has 0 unspecified atom stereocenters. The van der Waals surface area contributed by atoms with Crippen LogP contribution in [0.1, 0.15) is 6.42 Å². The van der Waals surface area contributed by atoms with Gasteiger partial charge in [-0.15, -0.1) is 0 Å². The highest BCUT2D eigenvalue weighted by molar-refractivity contribution is 5.97. The maximum atomic E-state index is 12.5. The Hall–Kier alpha value is -1.85. The summed E-state index contributed by atoms with van der Waals surface area (Å²) in [6, 6.07) is 0. The van der Waals surface area contributed by atoms with Crippen LogP contribution in [0.15, 0.2) is 12.2 Å². The van der Waals surface area contributed by atoms with Crippen molar-refractivity contribution in [3.8, 4) is 0 Å². The van der Waals surface area contributed by atoms with Crippen molar-refractivity contribution in [2.45, 2.75) is 6.42 Å². The van der Waals surface area contributed by atoms with E-state index < -0.39 is 17.9 Å². The number of hydrogen-bond donors (Lipinski definition) is 0. The van der Waals surface area contributed by atoms with E-state index in [0.29, 0.717) is 0 Å². The molecule has 0 radical (unpaired) electrons. The molecule has 19 heavy (non-hydrogen) atoms. The van der Waals surface area contributed by atoms with Gasteiger partial charge >= 0.3 is 12.1 Å². The number of ether oxygens (including phenoxy) is 2. The minimum absolute atomic E-state index is 0.0231. The molecule has 0 spiro atoms. The molecular weight excluding hydrogens is 250 g/mol. The van der Waals surface area contributed by atoms with Crippen molar-refractivity contribution < 1.29 is 23.9 Å². The molecule has 0 N–H and O–H groups in total. The van der Waals surface area contributed by atoms with Gasteiger partial charge in [0.25, 0.3) is 0 Å². The van der Waals surface area contributed by atoms with Crippen molar-refractivity contribution in [2.75, 3.05) is 20.3 Å². The summed E-state index contributed by atoms with van der Waals surface area (Å²) in [6.45, 7) is 0.493. The molecule has 6 heteroatoms. The summed E-state index contributed by atoms with van der Waals surface area (Å²) in [5.74, 6) is -1.58. The molecule has 3 rings (SSSR count). The second-order valence-corrected chi connectivity index (χ2v) is 5.13. The Labute approximate surface area is 110 Å². The number of nitrogens with zero attached hydrogens (tertiary/aromatic N) is 1. The zero-order valence-corrected chi connectivity index (χ0v) is 10.6. The van der Waals surface area contributed by atoms with Crippen LogP contribution in [0.3, 0.4) is 0 Å². The molecule has 1 aliphatic heterocycles. The van der Waals surface area contributed by atoms with Crippen LogP contribution >= 0.6 is 0 Å². The number of allylic oxidation sites excluding steroid dienone is 2. The van der Waals surface area contributed by atoms with Gasteiger partial charge in [0.15, 0.2) is 0 Å². The molecular formula is C13H15NO5. The first-order chi connectivity index (χ1) is 9.13. The molecule has 2 bridgehead atoms. The lowest BCUT2D eigenvalue weighted by molar-refractivity contribution is -0.152. The van der Waals surface area contributed by atoms with Gasteiger partial charge in [-0.3, -0.25) is 9.59 Å². The third kappa shape index (κ3) is 1.74. The predicted octanol–water partition coefficient (Wildman–Crippen LogP) is 0.577. The number of rotatable bonds is 2. The molecule has 0 aromatic heterocycles. The number of amides is 2. The fourth-order valence-electron chi connectivity index (χ4n) is 3.39. The largest absolute Gasteiger partial charge is 0.469 e. The molecule has 2 fully saturated rings. The molecule has 4 atom stereocenters. The minimum atomic E-state index is -0.611. The summed E-state index contributed by atoms with van der Waals surface area (Å²) in [7, 11) is 1.32. The molecule has 2 aliphatic carbocycles. The monoisotopic (exact) mass is 265 g/mol. The molecule has 1 heterocycles. The van der Waals surface area contributed by atoms with Crippen LogP contribution < -0.4 is 0 Å². The summed E-state index contributed by atoms with van der Waals surface area (Å²) in [5.41, 5.74) is 0. The van der Waals surface area contributed by atoms with Crippen molar-refractivity contribution in [1.29, 1.82) is 0 Å². The highest BCUT2D eigenvalue weighted by atomic mass is 16.6. The average Bonchev–Trinajstić information content (AvgIpc) is 3.11. The van der Waals surface area contributed by atoms with Gasteiger partial charge in [0, 0.05) is 0 Å². The Bertz CT molecular complexity index is 472. The summed E-state index contributed by atoms with van der Waals surface area (Å²) >= 11 is 0. The van der Waals surface area contributed by atoms with E-state index in [1.54, 1.807) is 0 Å². The van der Waals surface area contributed by atoms with Crippen LogP contribution in [0.25, 0.3) is 0 Å². The Morgan fingerprint density at radius 3 is 2.58 bits per heavy atom. The Kier molecular flexibility index (Phi) is 2.80. The molecule has 102 valence electrons. The lowest BCUT2D eigenvalue weighted by Crippen LogP contribution is -2.43. The Balaban J connectivity index is 1.86. The average molecular weight is 265 g/mol. The van der Waals surface area contributed by atoms with E-state index in [-0.39, 0.29) is 36.9 Å². The van der Waals surface area contributed by atoms with Gasteiger partial charge in [-0.05, 0) is 18.3 Å². The van der Waals surface area contributed by atoms with Crippen LogP contribution in [-0.2, 0) is 19.1 Å². The maximum absolute atomic E-state index is 12.5. The van der Waals surface area contributed by atoms with Gasteiger partial charge in [-0.1, -0.05) is 12.2 Å². The van der Waals surface area contributed by atoms with Crippen molar-refractivity contribution in [3.63, 3.8) is 0 Å². The quantitative estimate of drug-likeness (QED) is 0.539. The van der Waals surface area contributed by atoms with Gasteiger partial charge in [-0.25, -0.2) is 9.69 Å². The molecule has 0 aromatic carbocycles. The Morgan fingerprint density at radius 2 is 2.00 bits per heavy atom. The minimum Gasteiger partial charge on any atom is -0.469 e. The van der Waals surface area contributed by atoms with Gasteiger partial charge in [0.1, 0.15) is 6.61 Å². The van der Waals surface area contributed by atoms with E-state index >= 15 is 0 Å². The second kappa shape index (κ2) is 4.36.